The fraction of sp³-hybridized carbons (Fsp3) is 0.538. The minimum absolute atomic E-state index is 0.224. The highest BCUT2D eigenvalue weighted by Gasteiger charge is 1.98. The van der Waals surface area contributed by atoms with E-state index in [1.165, 1.54) is 31.4 Å². The van der Waals surface area contributed by atoms with E-state index in [-0.39, 0.29) is 5.82 Å². The molecule has 2 heteroatoms. The van der Waals surface area contributed by atoms with Crippen molar-refractivity contribution in [2.24, 2.45) is 0 Å². The van der Waals surface area contributed by atoms with Crippen LogP contribution in [0.2, 0.25) is 0 Å². The Hall–Kier alpha value is -1.05. The zero-order chi connectivity index (χ0) is 11.1. The Balaban J connectivity index is 2.31. The summed E-state index contributed by atoms with van der Waals surface area (Å²) in [4.78, 5) is 0. The Labute approximate surface area is 91.3 Å². The third-order valence-electron chi connectivity index (χ3n) is 2.28. The molecule has 0 aliphatic rings. The van der Waals surface area contributed by atoms with Crippen LogP contribution in [0.4, 0.5) is 4.39 Å². The fourth-order valence-corrected chi connectivity index (χ4v) is 1.50. The summed E-state index contributed by atoms with van der Waals surface area (Å²) < 4.78 is 18.5. The van der Waals surface area contributed by atoms with Crippen LogP contribution in [-0.4, -0.2) is 6.61 Å². The Morgan fingerprint density at radius 1 is 1.13 bits per heavy atom. The molecule has 84 valence electrons. The first kappa shape index (κ1) is 12.0. The minimum atomic E-state index is -0.224. The SMILES string of the molecule is CCCCCCOc1cc(C)cc(F)c1. The number of ether oxygens (including phenoxy) is 1. The van der Waals surface area contributed by atoms with Crippen molar-refractivity contribution in [2.45, 2.75) is 39.5 Å². The van der Waals surface area contributed by atoms with E-state index in [9.17, 15) is 4.39 Å². The predicted molar refractivity (Wildman–Crippen MR) is 60.8 cm³/mol. The van der Waals surface area contributed by atoms with Crippen LogP contribution in [0.15, 0.2) is 18.2 Å². The van der Waals surface area contributed by atoms with Gasteiger partial charge in [-0.25, -0.2) is 4.39 Å². The van der Waals surface area contributed by atoms with Gasteiger partial charge in [-0.05, 0) is 31.0 Å². The van der Waals surface area contributed by atoms with Crippen LogP contribution in [0, 0.1) is 12.7 Å². The zero-order valence-corrected chi connectivity index (χ0v) is 9.55. The van der Waals surface area contributed by atoms with E-state index in [0.717, 1.165) is 12.0 Å². The number of hydrogen-bond acceptors (Lipinski definition) is 1. The van der Waals surface area contributed by atoms with Gasteiger partial charge < -0.3 is 4.74 Å². The number of hydrogen-bond donors (Lipinski definition) is 0. The Bertz CT molecular complexity index is 276. The molecule has 1 rings (SSSR count). The summed E-state index contributed by atoms with van der Waals surface area (Å²) >= 11 is 0. The van der Waals surface area contributed by atoms with Gasteiger partial charge in [0.25, 0.3) is 0 Å². The van der Waals surface area contributed by atoms with E-state index in [4.69, 9.17) is 4.74 Å². The lowest BCUT2D eigenvalue weighted by Crippen LogP contribution is -1.97. The lowest BCUT2D eigenvalue weighted by atomic mass is 10.2. The summed E-state index contributed by atoms with van der Waals surface area (Å²) in [5.41, 5.74) is 0.901. The molecule has 1 aromatic carbocycles. The second kappa shape index (κ2) is 6.44. The van der Waals surface area contributed by atoms with Crippen molar-refractivity contribution in [1.29, 1.82) is 0 Å². The molecule has 0 spiro atoms. The van der Waals surface area contributed by atoms with Crippen molar-refractivity contribution in [1.82, 2.24) is 0 Å². The highest BCUT2D eigenvalue weighted by atomic mass is 19.1. The summed E-state index contributed by atoms with van der Waals surface area (Å²) in [6, 6.07) is 4.81. The molecule has 0 bridgehead atoms. The lowest BCUT2D eigenvalue weighted by molar-refractivity contribution is 0.303. The molecule has 0 fully saturated rings. The van der Waals surface area contributed by atoms with Crippen molar-refractivity contribution >= 4 is 0 Å². The third kappa shape index (κ3) is 4.82. The number of rotatable bonds is 6. The molecule has 0 aromatic heterocycles. The van der Waals surface area contributed by atoms with E-state index in [0.29, 0.717) is 12.4 Å². The van der Waals surface area contributed by atoms with Crippen LogP contribution >= 0.6 is 0 Å². The molecule has 0 aliphatic heterocycles. The molecule has 0 atom stereocenters. The van der Waals surface area contributed by atoms with Gasteiger partial charge >= 0.3 is 0 Å². The van der Waals surface area contributed by atoms with Crippen LogP contribution in [0.25, 0.3) is 0 Å². The maximum atomic E-state index is 13.0. The highest BCUT2D eigenvalue weighted by Crippen LogP contribution is 2.16. The van der Waals surface area contributed by atoms with Crippen molar-refractivity contribution < 1.29 is 9.13 Å². The molecule has 0 amide bonds. The number of unbranched alkanes of at least 4 members (excludes halogenated alkanes) is 3. The first-order valence-corrected chi connectivity index (χ1v) is 5.62. The fourth-order valence-electron chi connectivity index (χ4n) is 1.50. The molecule has 0 radical (unpaired) electrons. The maximum absolute atomic E-state index is 13.0. The van der Waals surface area contributed by atoms with E-state index < -0.39 is 0 Å². The van der Waals surface area contributed by atoms with Gasteiger partial charge in [-0.1, -0.05) is 26.2 Å². The second-order valence-electron chi connectivity index (χ2n) is 3.87. The molecule has 0 unspecified atom stereocenters. The smallest absolute Gasteiger partial charge is 0.127 e. The maximum Gasteiger partial charge on any atom is 0.127 e. The summed E-state index contributed by atoms with van der Waals surface area (Å²) in [6.45, 7) is 4.73. The lowest BCUT2D eigenvalue weighted by Gasteiger charge is -2.06. The van der Waals surface area contributed by atoms with E-state index in [2.05, 4.69) is 6.92 Å². The third-order valence-corrected chi connectivity index (χ3v) is 2.28. The van der Waals surface area contributed by atoms with Gasteiger partial charge in [0.15, 0.2) is 0 Å². The van der Waals surface area contributed by atoms with Gasteiger partial charge in [0, 0.05) is 6.07 Å². The molecule has 0 N–H and O–H groups in total. The summed E-state index contributed by atoms with van der Waals surface area (Å²) in [7, 11) is 0. The zero-order valence-electron chi connectivity index (χ0n) is 9.55. The molecule has 0 saturated carbocycles. The van der Waals surface area contributed by atoms with Crippen LogP contribution < -0.4 is 4.74 Å². The first-order valence-electron chi connectivity index (χ1n) is 5.62. The molecule has 15 heavy (non-hydrogen) atoms. The normalized spacial score (nSPS) is 10.3. The molecule has 1 aromatic rings. The standard InChI is InChI=1S/C13H19FO/c1-3-4-5-6-7-15-13-9-11(2)8-12(14)10-13/h8-10H,3-7H2,1-2H3. The largest absolute Gasteiger partial charge is 0.493 e. The average molecular weight is 210 g/mol. The van der Waals surface area contributed by atoms with E-state index in [1.807, 2.05) is 13.0 Å². The Morgan fingerprint density at radius 2 is 1.93 bits per heavy atom. The summed E-state index contributed by atoms with van der Waals surface area (Å²) in [6.07, 6.45) is 4.69. The van der Waals surface area contributed by atoms with Crippen molar-refractivity contribution in [2.75, 3.05) is 6.61 Å². The molecule has 1 nitrogen and oxygen atoms in total. The minimum Gasteiger partial charge on any atom is -0.493 e. The molecular weight excluding hydrogens is 191 g/mol. The van der Waals surface area contributed by atoms with E-state index >= 15 is 0 Å². The monoisotopic (exact) mass is 210 g/mol. The highest BCUT2D eigenvalue weighted by molar-refractivity contribution is 5.28. The molecule has 0 heterocycles. The molecule has 0 aliphatic carbocycles. The van der Waals surface area contributed by atoms with Gasteiger partial charge in [-0.3, -0.25) is 0 Å². The number of aryl methyl sites for hydroxylation is 1. The number of halogens is 1. The quantitative estimate of drug-likeness (QED) is 0.642. The van der Waals surface area contributed by atoms with Crippen LogP contribution in [0.3, 0.4) is 0 Å². The van der Waals surface area contributed by atoms with Crippen LogP contribution in [0.1, 0.15) is 38.2 Å². The van der Waals surface area contributed by atoms with Crippen molar-refractivity contribution in [3.8, 4) is 5.75 Å². The van der Waals surface area contributed by atoms with Crippen molar-refractivity contribution in [3.63, 3.8) is 0 Å². The molecular formula is C13H19FO. The summed E-state index contributed by atoms with van der Waals surface area (Å²) in [5.74, 6) is 0.419. The second-order valence-corrected chi connectivity index (χ2v) is 3.87. The van der Waals surface area contributed by atoms with Gasteiger partial charge in [-0.2, -0.15) is 0 Å². The topological polar surface area (TPSA) is 9.23 Å². The van der Waals surface area contributed by atoms with Gasteiger partial charge in [0.1, 0.15) is 11.6 Å². The van der Waals surface area contributed by atoms with Gasteiger partial charge in [0.2, 0.25) is 0 Å². The van der Waals surface area contributed by atoms with Crippen LogP contribution in [0.5, 0.6) is 5.75 Å². The summed E-state index contributed by atoms with van der Waals surface area (Å²) in [5, 5.41) is 0. The molecule has 0 saturated heterocycles. The first-order chi connectivity index (χ1) is 7.22. The van der Waals surface area contributed by atoms with E-state index in [1.54, 1.807) is 0 Å². The van der Waals surface area contributed by atoms with Crippen LogP contribution in [-0.2, 0) is 0 Å². The van der Waals surface area contributed by atoms with Gasteiger partial charge in [0.05, 0.1) is 6.61 Å². The van der Waals surface area contributed by atoms with Gasteiger partial charge in [-0.15, -0.1) is 0 Å². The Kier molecular flexibility index (Phi) is 5.16. The number of benzene rings is 1. The van der Waals surface area contributed by atoms with Crippen molar-refractivity contribution in [3.05, 3.63) is 29.6 Å². The Morgan fingerprint density at radius 3 is 2.60 bits per heavy atom. The predicted octanol–water partition coefficient (Wildman–Crippen LogP) is 4.09. The average Bonchev–Trinajstić information content (AvgIpc) is 2.16.